The molecule has 0 N–H and O–H groups in total. The van der Waals surface area contributed by atoms with Crippen molar-refractivity contribution in [3.05, 3.63) is 252 Å². The van der Waals surface area contributed by atoms with E-state index in [-0.39, 0.29) is 0 Å². The van der Waals surface area contributed by atoms with Gasteiger partial charge in [0, 0.05) is 34.1 Å². The van der Waals surface area contributed by atoms with Gasteiger partial charge in [-0.1, -0.05) is 115 Å². The molecule has 69 heavy (non-hydrogen) atoms. The van der Waals surface area contributed by atoms with Crippen molar-refractivity contribution in [1.29, 1.82) is 0 Å². The van der Waals surface area contributed by atoms with E-state index in [0.29, 0.717) is 11.4 Å². The van der Waals surface area contributed by atoms with E-state index >= 15 is 0 Å². The summed E-state index contributed by atoms with van der Waals surface area (Å²) in [6, 6.07) is 68.5. The number of anilines is 6. The SMILES string of the molecule is FC(F)(F)c1ccc(N(c2ccccc2)c2ccc3c(c2)C2(c4cc(N(c5ccccc5)c5ccc(C(F)(F)F)cc5)ccc4-3)c3ccccc3-c3c2cc2c4c(cccc34)-c3ccccc3-2)cc1. The fourth-order valence-electron chi connectivity index (χ4n) is 11.4. The summed E-state index contributed by atoms with van der Waals surface area (Å²) in [6.07, 6.45) is -9.00. The highest BCUT2D eigenvalue weighted by Crippen LogP contribution is 2.67. The van der Waals surface area contributed by atoms with Crippen LogP contribution in [0.3, 0.4) is 0 Å². The Morgan fingerprint density at radius 1 is 0.290 bits per heavy atom. The summed E-state index contributed by atoms with van der Waals surface area (Å²) in [4.78, 5) is 3.99. The van der Waals surface area contributed by atoms with Crippen molar-refractivity contribution in [2.45, 2.75) is 17.8 Å². The van der Waals surface area contributed by atoms with E-state index in [1.54, 1.807) is 0 Å². The molecule has 0 saturated heterocycles. The van der Waals surface area contributed by atoms with Crippen LogP contribution in [0, 0.1) is 0 Å². The lowest BCUT2D eigenvalue weighted by molar-refractivity contribution is -0.138. The van der Waals surface area contributed by atoms with E-state index in [1.165, 1.54) is 40.8 Å². The molecule has 0 bridgehead atoms. The number of hydrogen-bond acceptors (Lipinski definition) is 2. The van der Waals surface area contributed by atoms with Gasteiger partial charge in [0.2, 0.25) is 0 Å². The standard InChI is InChI=1S/C61H36F6N2/c62-60(63,64)37-22-26-41(27-23-37)68(39-12-3-1-4-13-39)43-30-32-47-48-33-31-44(69(40-14-5-2-6-15-40)42-28-24-38(25-29-42)61(65,66)67)35-55(48)59(54(47)34-43)53-21-10-9-18-50(53)58-51-20-11-19-49-45-16-7-8-17-46(45)52(57(49)51)36-56(58)59/h1-36H. The van der Waals surface area contributed by atoms with Crippen LogP contribution >= 0.6 is 0 Å². The van der Waals surface area contributed by atoms with Crippen LogP contribution in [0.5, 0.6) is 0 Å². The average molecular weight is 911 g/mol. The van der Waals surface area contributed by atoms with Crippen LogP contribution in [0.4, 0.5) is 60.5 Å². The Hall–Kier alpha value is -8.36. The molecule has 3 aliphatic carbocycles. The smallest absolute Gasteiger partial charge is 0.310 e. The van der Waals surface area contributed by atoms with Crippen LogP contribution in [0.25, 0.3) is 55.3 Å². The lowest BCUT2D eigenvalue weighted by Gasteiger charge is -2.33. The minimum Gasteiger partial charge on any atom is -0.310 e. The Labute approximate surface area is 393 Å². The van der Waals surface area contributed by atoms with Crippen molar-refractivity contribution in [3.8, 4) is 44.5 Å². The van der Waals surface area contributed by atoms with Gasteiger partial charge in [0.1, 0.15) is 0 Å². The second-order valence-electron chi connectivity index (χ2n) is 17.8. The fourth-order valence-corrected chi connectivity index (χ4v) is 11.4. The number of nitrogens with zero attached hydrogens (tertiary/aromatic N) is 2. The normalized spacial score (nSPS) is 13.5. The molecule has 1 spiro atoms. The number of hydrogen-bond donors (Lipinski definition) is 0. The molecule has 332 valence electrons. The van der Waals surface area contributed by atoms with Crippen molar-refractivity contribution >= 4 is 44.9 Å². The number of halogens is 6. The van der Waals surface area contributed by atoms with Gasteiger partial charge in [-0.05, 0) is 181 Å². The minimum atomic E-state index is -4.50. The van der Waals surface area contributed by atoms with Crippen molar-refractivity contribution in [2.75, 3.05) is 9.80 Å². The molecule has 0 unspecified atom stereocenters. The first-order valence-corrected chi connectivity index (χ1v) is 22.6. The second kappa shape index (κ2) is 14.8. The molecule has 0 saturated carbocycles. The molecule has 0 aliphatic heterocycles. The number of rotatable bonds is 6. The maximum absolute atomic E-state index is 14.0. The number of para-hydroxylation sites is 2. The van der Waals surface area contributed by atoms with Gasteiger partial charge in [0.25, 0.3) is 0 Å². The van der Waals surface area contributed by atoms with E-state index in [0.717, 1.165) is 108 Å². The molecule has 2 nitrogen and oxygen atoms in total. The Morgan fingerprint density at radius 3 is 1.22 bits per heavy atom. The molecule has 13 rings (SSSR count). The maximum Gasteiger partial charge on any atom is 0.416 e. The van der Waals surface area contributed by atoms with E-state index in [1.807, 2.05) is 82.6 Å². The first kappa shape index (κ1) is 40.9. The zero-order chi connectivity index (χ0) is 46.8. The van der Waals surface area contributed by atoms with Crippen LogP contribution in [-0.2, 0) is 17.8 Å². The van der Waals surface area contributed by atoms with Crippen LogP contribution in [0.15, 0.2) is 218 Å². The molecule has 0 atom stereocenters. The molecule has 0 amide bonds. The topological polar surface area (TPSA) is 6.48 Å². The van der Waals surface area contributed by atoms with Crippen molar-refractivity contribution < 1.29 is 26.3 Å². The third-order valence-electron chi connectivity index (χ3n) is 14.2. The quantitative estimate of drug-likeness (QED) is 0.153. The van der Waals surface area contributed by atoms with Gasteiger partial charge in [-0.15, -0.1) is 0 Å². The van der Waals surface area contributed by atoms with Crippen molar-refractivity contribution in [2.24, 2.45) is 0 Å². The molecule has 0 aromatic heterocycles. The predicted octanol–water partition coefficient (Wildman–Crippen LogP) is 17.8. The summed E-state index contributed by atoms with van der Waals surface area (Å²) >= 11 is 0. The van der Waals surface area contributed by atoms with Gasteiger partial charge in [-0.2, -0.15) is 26.3 Å². The Kier molecular flexibility index (Phi) is 8.78. The largest absolute Gasteiger partial charge is 0.416 e. The third kappa shape index (κ3) is 6.01. The number of benzene rings is 10. The third-order valence-corrected chi connectivity index (χ3v) is 14.2. The molecule has 10 aromatic carbocycles. The molecule has 0 heterocycles. The van der Waals surface area contributed by atoms with E-state index in [2.05, 4.69) is 97.1 Å². The summed E-state index contributed by atoms with van der Waals surface area (Å²) in [6.45, 7) is 0. The maximum atomic E-state index is 14.0. The Bertz CT molecular complexity index is 3540. The van der Waals surface area contributed by atoms with Gasteiger partial charge >= 0.3 is 12.4 Å². The Balaban J connectivity index is 1.11. The van der Waals surface area contributed by atoms with E-state index in [4.69, 9.17) is 0 Å². The first-order valence-electron chi connectivity index (χ1n) is 22.6. The summed E-state index contributed by atoms with van der Waals surface area (Å²) in [7, 11) is 0. The summed E-state index contributed by atoms with van der Waals surface area (Å²) in [5, 5.41) is 2.33. The van der Waals surface area contributed by atoms with Crippen molar-refractivity contribution in [1.82, 2.24) is 0 Å². The van der Waals surface area contributed by atoms with Gasteiger partial charge in [0.05, 0.1) is 16.5 Å². The summed E-state index contributed by atoms with van der Waals surface area (Å²) in [5.41, 5.74) is 14.8. The Morgan fingerprint density at radius 2 is 0.710 bits per heavy atom. The van der Waals surface area contributed by atoms with Gasteiger partial charge in [-0.25, -0.2) is 0 Å². The molecule has 8 heteroatoms. The summed E-state index contributed by atoms with van der Waals surface area (Å²) < 4.78 is 83.8. The lowest BCUT2D eigenvalue weighted by Crippen LogP contribution is -2.26. The van der Waals surface area contributed by atoms with Gasteiger partial charge in [-0.3, -0.25) is 0 Å². The van der Waals surface area contributed by atoms with Gasteiger partial charge < -0.3 is 9.80 Å². The number of alkyl halides is 6. The van der Waals surface area contributed by atoms with E-state index in [9.17, 15) is 26.3 Å². The average Bonchev–Trinajstić information content (AvgIpc) is 3.97. The van der Waals surface area contributed by atoms with Crippen LogP contribution < -0.4 is 9.80 Å². The van der Waals surface area contributed by atoms with Gasteiger partial charge in [0.15, 0.2) is 0 Å². The highest BCUT2D eigenvalue weighted by molar-refractivity contribution is 6.21. The van der Waals surface area contributed by atoms with Crippen molar-refractivity contribution in [3.63, 3.8) is 0 Å². The molecular formula is C61H36F6N2. The molecule has 10 aromatic rings. The monoisotopic (exact) mass is 910 g/mol. The lowest BCUT2D eigenvalue weighted by atomic mass is 9.70. The van der Waals surface area contributed by atoms with Crippen LogP contribution in [0.2, 0.25) is 0 Å². The zero-order valence-corrected chi connectivity index (χ0v) is 36.4. The highest BCUT2D eigenvalue weighted by Gasteiger charge is 2.53. The molecule has 3 aliphatic rings. The summed E-state index contributed by atoms with van der Waals surface area (Å²) in [5.74, 6) is 0. The predicted molar refractivity (Wildman–Crippen MR) is 264 cm³/mol. The molecular weight excluding hydrogens is 875 g/mol. The number of fused-ring (bicyclic) bond motifs is 14. The zero-order valence-electron chi connectivity index (χ0n) is 36.4. The van der Waals surface area contributed by atoms with E-state index < -0.39 is 28.9 Å². The molecule has 0 fully saturated rings. The van der Waals surface area contributed by atoms with Crippen LogP contribution in [0.1, 0.15) is 33.4 Å². The highest BCUT2D eigenvalue weighted by atomic mass is 19.4. The van der Waals surface area contributed by atoms with Crippen LogP contribution in [-0.4, -0.2) is 0 Å². The second-order valence-corrected chi connectivity index (χ2v) is 17.8. The first-order chi connectivity index (χ1) is 33.5. The molecule has 0 radical (unpaired) electrons. The minimum absolute atomic E-state index is 0.562. The fraction of sp³-hybridized carbons (Fsp3) is 0.0492.